The van der Waals surface area contributed by atoms with E-state index < -0.39 is 18.2 Å². The molecular weight excluding hydrogens is 340 g/mol. The average Bonchev–Trinajstić information content (AvgIpc) is 3.06. The van der Waals surface area contributed by atoms with E-state index in [-0.39, 0.29) is 17.9 Å². The molecule has 0 unspecified atom stereocenters. The first-order valence-electron chi connectivity index (χ1n) is 8.70. The Bertz CT molecular complexity index is 902. The lowest BCUT2D eigenvalue weighted by molar-refractivity contribution is -0.0324. The molecule has 2 aromatic heterocycles. The van der Waals surface area contributed by atoms with Crippen LogP contribution in [0.5, 0.6) is 5.75 Å². The number of aromatic nitrogens is 3. The van der Waals surface area contributed by atoms with Crippen molar-refractivity contribution in [3.8, 4) is 5.75 Å². The second-order valence-electron chi connectivity index (χ2n) is 6.81. The van der Waals surface area contributed by atoms with E-state index in [0.717, 1.165) is 36.8 Å². The van der Waals surface area contributed by atoms with E-state index >= 15 is 8.78 Å². The van der Waals surface area contributed by atoms with E-state index in [1.165, 1.54) is 10.9 Å². The van der Waals surface area contributed by atoms with Crippen molar-refractivity contribution in [3.63, 3.8) is 0 Å². The molecule has 0 atom stereocenters. The number of aryl methyl sites for hydroxylation is 1. The Labute approximate surface area is 149 Å². The minimum Gasteiger partial charge on any atom is -0.486 e. The van der Waals surface area contributed by atoms with Crippen LogP contribution in [0.25, 0.3) is 5.57 Å². The molecule has 0 radical (unpaired) electrons. The molecule has 0 aromatic carbocycles. The summed E-state index contributed by atoms with van der Waals surface area (Å²) in [5.41, 5.74) is 2.97. The second kappa shape index (κ2) is 6.30. The van der Waals surface area contributed by atoms with Crippen molar-refractivity contribution in [2.45, 2.75) is 45.1 Å². The topological polar surface area (TPSA) is 57.0 Å². The van der Waals surface area contributed by atoms with Crippen molar-refractivity contribution < 1.29 is 18.3 Å². The zero-order chi connectivity index (χ0) is 18.3. The minimum absolute atomic E-state index is 0.113. The normalized spacial score (nSPS) is 19.0. The summed E-state index contributed by atoms with van der Waals surface area (Å²) in [7, 11) is 0. The molecule has 0 bridgehead atoms. The molecule has 136 valence electrons. The van der Waals surface area contributed by atoms with E-state index in [4.69, 9.17) is 4.74 Å². The molecule has 1 aliphatic carbocycles. The van der Waals surface area contributed by atoms with E-state index in [1.54, 1.807) is 19.2 Å². The van der Waals surface area contributed by atoms with Crippen LogP contribution in [-0.4, -0.2) is 27.7 Å². The molecule has 1 aliphatic heterocycles. The number of hydrogen-bond donors (Lipinski definition) is 0. The van der Waals surface area contributed by atoms with Crippen molar-refractivity contribution >= 4 is 11.9 Å². The number of aldehydes is 1. The SMILES string of the molecule is Cc1cnc2c(c1C=O)OCC1=C(CCCC1)c1ccnn1CC2(F)F. The van der Waals surface area contributed by atoms with Gasteiger partial charge in [-0.3, -0.25) is 14.5 Å². The van der Waals surface area contributed by atoms with Crippen LogP contribution in [0.1, 0.15) is 53.0 Å². The standard InChI is InChI=1S/C19H19F2N3O2/c1-12-8-22-18-17(15(12)9-25)26-10-13-4-2-3-5-14(13)16-6-7-23-24(16)11-19(18,20)21/h6-9H,2-5,10-11H2,1H3. The van der Waals surface area contributed by atoms with Gasteiger partial charge in [-0.2, -0.15) is 13.9 Å². The van der Waals surface area contributed by atoms with Gasteiger partial charge in [-0.05, 0) is 55.4 Å². The molecule has 4 rings (SSSR count). The predicted molar refractivity (Wildman–Crippen MR) is 91.4 cm³/mol. The molecule has 7 heteroatoms. The number of hydrogen-bond acceptors (Lipinski definition) is 4. The number of carbonyl (C=O) groups excluding carboxylic acids is 1. The maximum atomic E-state index is 15.0. The number of fused-ring (bicyclic) bond motifs is 3. The van der Waals surface area contributed by atoms with Gasteiger partial charge in [-0.1, -0.05) is 0 Å². The van der Waals surface area contributed by atoms with Crippen LogP contribution in [0.3, 0.4) is 0 Å². The lowest BCUT2D eigenvalue weighted by atomic mass is 9.90. The van der Waals surface area contributed by atoms with Crippen LogP contribution in [-0.2, 0) is 12.5 Å². The highest BCUT2D eigenvalue weighted by Crippen LogP contribution is 2.41. The van der Waals surface area contributed by atoms with Crippen molar-refractivity contribution in [1.29, 1.82) is 0 Å². The summed E-state index contributed by atoms with van der Waals surface area (Å²) in [4.78, 5) is 15.4. The van der Waals surface area contributed by atoms with Gasteiger partial charge in [-0.15, -0.1) is 0 Å². The lowest BCUT2D eigenvalue weighted by Crippen LogP contribution is -2.28. The van der Waals surface area contributed by atoms with Gasteiger partial charge in [0.1, 0.15) is 13.2 Å². The van der Waals surface area contributed by atoms with Gasteiger partial charge in [0, 0.05) is 12.4 Å². The Morgan fingerprint density at radius 2 is 2.12 bits per heavy atom. The third kappa shape index (κ3) is 2.71. The fourth-order valence-corrected chi connectivity index (χ4v) is 3.72. The van der Waals surface area contributed by atoms with Crippen molar-refractivity contribution in [3.05, 3.63) is 46.5 Å². The zero-order valence-corrected chi connectivity index (χ0v) is 14.5. The van der Waals surface area contributed by atoms with E-state index in [9.17, 15) is 4.79 Å². The monoisotopic (exact) mass is 359 g/mol. The predicted octanol–water partition coefficient (Wildman–Crippen LogP) is 3.91. The van der Waals surface area contributed by atoms with Gasteiger partial charge >= 0.3 is 5.92 Å². The Kier molecular flexibility index (Phi) is 4.09. The summed E-state index contributed by atoms with van der Waals surface area (Å²) in [5.74, 6) is -3.42. The van der Waals surface area contributed by atoms with Gasteiger partial charge in [0.25, 0.3) is 0 Å². The van der Waals surface area contributed by atoms with Gasteiger partial charge in [0.05, 0.1) is 11.3 Å². The molecule has 2 aliphatic rings. The quantitative estimate of drug-likeness (QED) is 0.725. The highest BCUT2D eigenvalue weighted by Gasteiger charge is 2.40. The van der Waals surface area contributed by atoms with Crippen LogP contribution < -0.4 is 4.74 Å². The Balaban J connectivity index is 1.93. The third-order valence-electron chi connectivity index (χ3n) is 5.08. The highest BCUT2D eigenvalue weighted by atomic mass is 19.3. The van der Waals surface area contributed by atoms with Crippen molar-refractivity contribution in [1.82, 2.24) is 14.8 Å². The number of pyridine rings is 1. The number of nitrogens with zero attached hydrogens (tertiary/aromatic N) is 3. The molecule has 0 amide bonds. The first-order chi connectivity index (χ1) is 12.5. The molecule has 26 heavy (non-hydrogen) atoms. The number of ether oxygens (including phenoxy) is 1. The van der Waals surface area contributed by atoms with Crippen LogP contribution in [0.2, 0.25) is 0 Å². The highest BCUT2D eigenvalue weighted by molar-refractivity contribution is 5.82. The molecule has 2 aromatic rings. The van der Waals surface area contributed by atoms with Gasteiger partial charge in [0.2, 0.25) is 0 Å². The van der Waals surface area contributed by atoms with E-state index in [1.807, 2.05) is 0 Å². The van der Waals surface area contributed by atoms with E-state index in [0.29, 0.717) is 17.5 Å². The maximum absolute atomic E-state index is 15.0. The third-order valence-corrected chi connectivity index (χ3v) is 5.08. The van der Waals surface area contributed by atoms with Crippen LogP contribution in [0, 0.1) is 6.92 Å². The fraction of sp³-hybridized carbons (Fsp3) is 0.421. The maximum Gasteiger partial charge on any atom is 0.312 e. The molecule has 0 saturated heterocycles. The van der Waals surface area contributed by atoms with Gasteiger partial charge in [0.15, 0.2) is 17.7 Å². The van der Waals surface area contributed by atoms with Crippen LogP contribution >= 0.6 is 0 Å². The summed E-state index contributed by atoms with van der Waals surface area (Å²) in [6.07, 6.45) is 7.11. The second-order valence-corrected chi connectivity index (χ2v) is 6.81. The number of rotatable bonds is 1. The minimum atomic E-state index is -3.31. The molecule has 0 fully saturated rings. The molecule has 3 heterocycles. The summed E-state index contributed by atoms with van der Waals surface area (Å²) >= 11 is 0. The van der Waals surface area contributed by atoms with Crippen molar-refractivity contribution in [2.24, 2.45) is 0 Å². The fourth-order valence-electron chi connectivity index (χ4n) is 3.72. The van der Waals surface area contributed by atoms with Gasteiger partial charge in [-0.25, -0.2) is 0 Å². The largest absolute Gasteiger partial charge is 0.486 e. The van der Waals surface area contributed by atoms with Crippen LogP contribution in [0.4, 0.5) is 8.78 Å². The number of carbonyl (C=O) groups is 1. The molecule has 5 nitrogen and oxygen atoms in total. The summed E-state index contributed by atoms with van der Waals surface area (Å²) in [6.45, 7) is 1.20. The summed E-state index contributed by atoms with van der Waals surface area (Å²) < 4.78 is 37.2. The molecule has 0 N–H and O–H groups in total. The Morgan fingerprint density at radius 1 is 1.31 bits per heavy atom. The number of alkyl halides is 2. The number of halogens is 2. The van der Waals surface area contributed by atoms with Crippen molar-refractivity contribution in [2.75, 3.05) is 6.61 Å². The molecule has 0 saturated carbocycles. The molecular formula is C19H19F2N3O2. The molecule has 0 spiro atoms. The first-order valence-corrected chi connectivity index (χ1v) is 8.70. The Morgan fingerprint density at radius 3 is 2.92 bits per heavy atom. The first kappa shape index (κ1) is 16.9. The number of allylic oxidation sites excluding steroid dienone is 1. The van der Waals surface area contributed by atoms with Gasteiger partial charge < -0.3 is 4.74 Å². The summed E-state index contributed by atoms with van der Waals surface area (Å²) in [5, 5.41) is 4.11. The zero-order valence-electron chi connectivity index (χ0n) is 14.5. The van der Waals surface area contributed by atoms with E-state index in [2.05, 4.69) is 10.1 Å². The van der Waals surface area contributed by atoms with Crippen LogP contribution in [0.15, 0.2) is 24.0 Å². The smallest absolute Gasteiger partial charge is 0.312 e. The average molecular weight is 359 g/mol. The summed E-state index contributed by atoms with van der Waals surface area (Å²) in [6, 6.07) is 1.78. The Hall–Kier alpha value is -2.57. The lowest BCUT2D eigenvalue weighted by Gasteiger charge is -2.27.